The summed E-state index contributed by atoms with van der Waals surface area (Å²) >= 11 is 3.14. The van der Waals surface area contributed by atoms with Gasteiger partial charge >= 0.3 is 0 Å². The summed E-state index contributed by atoms with van der Waals surface area (Å²) in [6, 6.07) is 5.63. The van der Waals surface area contributed by atoms with Gasteiger partial charge in [0.15, 0.2) is 5.76 Å². The molecule has 0 bridgehead atoms. The van der Waals surface area contributed by atoms with Crippen molar-refractivity contribution in [2.24, 2.45) is 0 Å². The van der Waals surface area contributed by atoms with Crippen LogP contribution in [0.2, 0.25) is 0 Å². The lowest BCUT2D eigenvalue weighted by molar-refractivity contribution is -0.121. The molecule has 1 amide bonds. The van der Waals surface area contributed by atoms with E-state index in [1.54, 1.807) is 22.7 Å². The topological polar surface area (TPSA) is 94.1 Å². The second-order valence-corrected chi connectivity index (χ2v) is 7.66. The predicted octanol–water partition coefficient (Wildman–Crippen LogP) is 4.07. The second-order valence-electron chi connectivity index (χ2n) is 5.82. The van der Waals surface area contributed by atoms with Crippen LogP contribution in [0.1, 0.15) is 23.1 Å². The van der Waals surface area contributed by atoms with E-state index in [1.807, 2.05) is 41.3 Å². The number of hydrogen-bond acceptors (Lipinski definition) is 8. The third-order valence-electron chi connectivity index (χ3n) is 3.81. The molecule has 4 heterocycles. The molecule has 4 aromatic heterocycles. The molecule has 0 saturated heterocycles. The first-order chi connectivity index (χ1) is 13.2. The van der Waals surface area contributed by atoms with Crippen LogP contribution < -0.4 is 5.32 Å². The Balaban J connectivity index is 1.26. The summed E-state index contributed by atoms with van der Waals surface area (Å²) in [6.07, 6.45) is 0.661. The van der Waals surface area contributed by atoms with Gasteiger partial charge in [-0.25, -0.2) is 4.98 Å². The van der Waals surface area contributed by atoms with Crippen LogP contribution in [0.4, 0.5) is 0 Å². The smallest absolute Gasteiger partial charge is 0.227 e. The highest BCUT2D eigenvalue weighted by molar-refractivity contribution is 7.09. The van der Waals surface area contributed by atoms with Crippen molar-refractivity contribution in [3.63, 3.8) is 0 Å². The highest BCUT2D eigenvalue weighted by atomic mass is 32.1. The molecule has 27 heavy (non-hydrogen) atoms. The van der Waals surface area contributed by atoms with Crippen LogP contribution in [-0.4, -0.2) is 21.0 Å². The number of nitrogens with one attached hydrogen (secondary N) is 1. The van der Waals surface area contributed by atoms with Crippen LogP contribution in [0.3, 0.4) is 0 Å². The molecule has 0 unspecified atom stereocenters. The van der Waals surface area contributed by atoms with Gasteiger partial charge in [-0.1, -0.05) is 5.16 Å². The van der Waals surface area contributed by atoms with Crippen molar-refractivity contribution < 1.29 is 13.7 Å². The van der Waals surface area contributed by atoms with Crippen molar-refractivity contribution in [1.82, 2.24) is 20.4 Å². The van der Waals surface area contributed by atoms with Gasteiger partial charge in [0.1, 0.15) is 11.5 Å². The van der Waals surface area contributed by atoms with Crippen LogP contribution in [0.5, 0.6) is 0 Å². The van der Waals surface area contributed by atoms with Crippen molar-refractivity contribution in [1.29, 1.82) is 0 Å². The van der Waals surface area contributed by atoms with E-state index in [0.29, 0.717) is 36.2 Å². The average molecular weight is 400 g/mol. The lowest BCUT2D eigenvalue weighted by atomic mass is 10.3. The van der Waals surface area contributed by atoms with E-state index < -0.39 is 0 Å². The zero-order valence-corrected chi connectivity index (χ0v) is 16.1. The van der Waals surface area contributed by atoms with Crippen molar-refractivity contribution >= 4 is 28.6 Å². The Hall–Kier alpha value is -2.78. The number of carbonyl (C=O) groups excluding carboxylic acids is 1. The fourth-order valence-corrected chi connectivity index (χ4v) is 3.68. The molecule has 0 aromatic carbocycles. The van der Waals surface area contributed by atoms with Gasteiger partial charge in [0.25, 0.3) is 0 Å². The number of aryl methyl sites for hydroxylation is 2. The number of thiazole rings is 1. The Bertz CT molecular complexity index is 1030. The predicted molar refractivity (Wildman–Crippen MR) is 102 cm³/mol. The maximum absolute atomic E-state index is 12.1. The summed E-state index contributed by atoms with van der Waals surface area (Å²) in [5.74, 6) is 2.28. The van der Waals surface area contributed by atoms with Gasteiger partial charge in [-0.15, -0.1) is 11.3 Å². The molecule has 0 atom stereocenters. The molecule has 0 radical (unpaired) electrons. The Morgan fingerprint density at radius 1 is 1.22 bits per heavy atom. The number of aromatic nitrogens is 3. The highest BCUT2D eigenvalue weighted by Crippen LogP contribution is 2.23. The van der Waals surface area contributed by atoms with E-state index in [-0.39, 0.29) is 12.3 Å². The Morgan fingerprint density at radius 3 is 2.93 bits per heavy atom. The Labute approximate surface area is 163 Å². The second kappa shape index (κ2) is 7.85. The Kier molecular flexibility index (Phi) is 5.12. The Morgan fingerprint density at radius 2 is 2.15 bits per heavy atom. The van der Waals surface area contributed by atoms with Gasteiger partial charge in [0, 0.05) is 29.2 Å². The molecule has 138 valence electrons. The number of rotatable bonds is 7. The van der Waals surface area contributed by atoms with Crippen LogP contribution in [0.15, 0.2) is 43.3 Å². The van der Waals surface area contributed by atoms with E-state index in [9.17, 15) is 4.79 Å². The zero-order chi connectivity index (χ0) is 18.6. The van der Waals surface area contributed by atoms with E-state index in [4.69, 9.17) is 8.94 Å². The SMILES string of the molecule is Cc1nc(-c2ccc(CNC(=O)CCc3nc(-c4ccsc4)no3)o2)cs1. The lowest BCUT2D eigenvalue weighted by Gasteiger charge is -2.01. The van der Waals surface area contributed by atoms with Crippen molar-refractivity contribution in [2.75, 3.05) is 0 Å². The fraction of sp³-hybridized carbons (Fsp3) is 0.222. The molecule has 4 aromatic rings. The van der Waals surface area contributed by atoms with Crippen molar-refractivity contribution in [2.45, 2.75) is 26.3 Å². The summed E-state index contributed by atoms with van der Waals surface area (Å²) in [4.78, 5) is 20.7. The first-order valence-electron chi connectivity index (χ1n) is 8.30. The molecule has 9 heteroatoms. The first kappa shape index (κ1) is 17.6. The van der Waals surface area contributed by atoms with Crippen LogP contribution in [0.25, 0.3) is 22.8 Å². The number of thiophene rings is 1. The molecule has 0 spiro atoms. The monoisotopic (exact) mass is 400 g/mol. The van der Waals surface area contributed by atoms with Gasteiger partial charge < -0.3 is 14.3 Å². The third-order valence-corrected chi connectivity index (χ3v) is 5.26. The number of amides is 1. The van der Waals surface area contributed by atoms with Crippen LogP contribution in [0, 0.1) is 6.92 Å². The summed E-state index contributed by atoms with van der Waals surface area (Å²) in [5.41, 5.74) is 1.73. The van der Waals surface area contributed by atoms with E-state index in [1.165, 1.54) is 0 Å². The average Bonchev–Trinajstić information content (AvgIpc) is 3.45. The molecular formula is C18H16N4O3S2. The highest BCUT2D eigenvalue weighted by Gasteiger charge is 2.12. The first-order valence-corrected chi connectivity index (χ1v) is 10.1. The standard InChI is InChI=1S/C18H16N4O3S2/c1-11-20-14(10-27-11)15-3-2-13(24-15)8-19-16(23)4-5-17-21-18(22-25-17)12-6-7-26-9-12/h2-3,6-7,9-10H,4-5,8H2,1H3,(H,19,23). The summed E-state index contributed by atoms with van der Waals surface area (Å²) in [7, 11) is 0. The normalized spacial score (nSPS) is 11.0. The minimum absolute atomic E-state index is 0.104. The number of carbonyl (C=O) groups is 1. The summed E-state index contributed by atoms with van der Waals surface area (Å²) in [5, 5.41) is 13.6. The van der Waals surface area contributed by atoms with Gasteiger partial charge in [-0.3, -0.25) is 4.79 Å². The molecule has 0 aliphatic rings. The van der Waals surface area contributed by atoms with Gasteiger partial charge in [0.05, 0.1) is 11.6 Å². The van der Waals surface area contributed by atoms with Crippen molar-refractivity contribution in [3.05, 3.63) is 51.0 Å². The molecule has 0 aliphatic heterocycles. The number of hydrogen-bond donors (Lipinski definition) is 1. The largest absolute Gasteiger partial charge is 0.458 e. The quantitative estimate of drug-likeness (QED) is 0.502. The van der Waals surface area contributed by atoms with Gasteiger partial charge in [-0.05, 0) is 30.5 Å². The molecule has 0 aliphatic carbocycles. The molecule has 0 saturated carbocycles. The maximum atomic E-state index is 12.1. The molecular weight excluding hydrogens is 384 g/mol. The third kappa shape index (κ3) is 4.32. The maximum Gasteiger partial charge on any atom is 0.227 e. The zero-order valence-electron chi connectivity index (χ0n) is 14.5. The van der Waals surface area contributed by atoms with E-state index in [0.717, 1.165) is 16.3 Å². The van der Waals surface area contributed by atoms with Gasteiger partial charge in [0.2, 0.25) is 17.6 Å². The molecule has 0 fully saturated rings. The lowest BCUT2D eigenvalue weighted by Crippen LogP contribution is -2.22. The van der Waals surface area contributed by atoms with Crippen molar-refractivity contribution in [3.8, 4) is 22.8 Å². The number of nitrogens with zero attached hydrogens (tertiary/aromatic N) is 3. The van der Waals surface area contributed by atoms with E-state index in [2.05, 4.69) is 20.4 Å². The minimum Gasteiger partial charge on any atom is -0.458 e. The van der Waals surface area contributed by atoms with E-state index >= 15 is 0 Å². The molecule has 4 rings (SSSR count). The van der Waals surface area contributed by atoms with Crippen LogP contribution >= 0.6 is 22.7 Å². The van der Waals surface area contributed by atoms with Crippen LogP contribution in [-0.2, 0) is 17.8 Å². The fourth-order valence-electron chi connectivity index (χ4n) is 2.45. The summed E-state index contributed by atoms with van der Waals surface area (Å²) in [6.45, 7) is 2.27. The van der Waals surface area contributed by atoms with Gasteiger partial charge in [-0.2, -0.15) is 16.3 Å². The minimum atomic E-state index is -0.104. The molecule has 7 nitrogen and oxygen atoms in total. The molecule has 1 N–H and O–H groups in total. The summed E-state index contributed by atoms with van der Waals surface area (Å²) < 4.78 is 10.9. The number of furan rings is 1.